The van der Waals surface area contributed by atoms with E-state index in [0.29, 0.717) is 5.57 Å². The van der Waals surface area contributed by atoms with E-state index in [1.54, 1.807) is 33.8 Å². The highest BCUT2D eigenvalue weighted by atomic mass is 16.4. The van der Waals surface area contributed by atoms with E-state index in [1.807, 2.05) is 0 Å². The quantitative estimate of drug-likeness (QED) is 0.668. The van der Waals surface area contributed by atoms with Crippen molar-refractivity contribution in [3.05, 3.63) is 11.6 Å². The van der Waals surface area contributed by atoms with Gasteiger partial charge in [-0.3, -0.25) is 9.59 Å². The van der Waals surface area contributed by atoms with Gasteiger partial charge in [0.25, 0.3) is 0 Å². The molecule has 0 radical (unpaired) electrons. The number of carboxylic acid groups (broad SMARTS) is 1. The Kier molecular flexibility index (Phi) is 4.34. The fourth-order valence-corrected chi connectivity index (χ4v) is 0.647. The lowest BCUT2D eigenvalue weighted by atomic mass is 9.94. The second kappa shape index (κ2) is 4.79. The summed E-state index contributed by atoms with van der Waals surface area (Å²) in [6.45, 7) is 6.72. The monoisotopic (exact) mass is 199 g/mol. The van der Waals surface area contributed by atoms with Crippen molar-refractivity contribution in [3.8, 4) is 0 Å². The Balaban J connectivity index is 4.20. The number of aliphatic carboxylic acids is 1. The predicted octanol–water partition coefficient (Wildman–Crippen LogP) is 1.18. The minimum atomic E-state index is -0.927. The maximum atomic E-state index is 11.3. The van der Waals surface area contributed by atoms with Crippen LogP contribution in [-0.2, 0) is 9.59 Å². The van der Waals surface area contributed by atoms with Crippen molar-refractivity contribution in [1.29, 1.82) is 0 Å². The molecule has 0 aliphatic carbocycles. The molecule has 0 bridgehead atoms. The third kappa shape index (κ3) is 3.60. The van der Waals surface area contributed by atoms with Crippen LogP contribution in [0.15, 0.2) is 11.6 Å². The van der Waals surface area contributed by atoms with E-state index in [-0.39, 0.29) is 12.5 Å². The van der Waals surface area contributed by atoms with Gasteiger partial charge in [-0.1, -0.05) is 6.08 Å². The molecule has 0 fully saturated rings. The highest BCUT2D eigenvalue weighted by Gasteiger charge is 2.27. The molecule has 0 aliphatic rings. The SMILES string of the molecule is C/C=C(/C)C(=O)NCC(C)(C)C(=O)O. The van der Waals surface area contributed by atoms with Gasteiger partial charge in [0.15, 0.2) is 0 Å². The number of amides is 1. The fraction of sp³-hybridized carbons (Fsp3) is 0.600. The summed E-state index contributed by atoms with van der Waals surface area (Å²) in [5, 5.41) is 11.4. The van der Waals surface area contributed by atoms with Crippen LogP contribution in [0.5, 0.6) is 0 Å². The first-order valence-electron chi connectivity index (χ1n) is 4.45. The Morgan fingerprint density at radius 2 is 1.93 bits per heavy atom. The zero-order valence-electron chi connectivity index (χ0n) is 9.05. The zero-order chi connectivity index (χ0) is 11.4. The molecule has 0 unspecified atom stereocenters. The average molecular weight is 199 g/mol. The van der Waals surface area contributed by atoms with Crippen LogP contribution < -0.4 is 5.32 Å². The van der Waals surface area contributed by atoms with Crippen LogP contribution in [0.3, 0.4) is 0 Å². The molecule has 0 spiro atoms. The lowest BCUT2D eigenvalue weighted by molar-refractivity contribution is -0.146. The van der Waals surface area contributed by atoms with E-state index in [0.717, 1.165) is 0 Å². The van der Waals surface area contributed by atoms with Gasteiger partial charge in [0.05, 0.1) is 5.41 Å². The van der Waals surface area contributed by atoms with Gasteiger partial charge in [0, 0.05) is 12.1 Å². The van der Waals surface area contributed by atoms with Crippen LogP contribution in [0.2, 0.25) is 0 Å². The molecule has 0 rings (SSSR count). The van der Waals surface area contributed by atoms with Crippen molar-refractivity contribution in [2.75, 3.05) is 6.54 Å². The second-order valence-electron chi connectivity index (χ2n) is 3.84. The Bertz CT molecular complexity index is 267. The van der Waals surface area contributed by atoms with Crippen molar-refractivity contribution in [3.63, 3.8) is 0 Å². The molecular weight excluding hydrogens is 182 g/mol. The average Bonchev–Trinajstić information content (AvgIpc) is 2.12. The number of allylic oxidation sites excluding steroid dienone is 1. The third-order valence-electron chi connectivity index (χ3n) is 2.06. The molecule has 0 aliphatic heterocycles. The van der Waals surface area contributed by atoms with Crippen LogP contribution in [0, 0.1) is 5.41 Å². The van der Waals surface area contributed by atoms with Crippen molar-refractivity contribution < 1.29 is 14.7 Å². The molecule has 80 valence electrons. The van der Waals surface area contributed by atoms with Gasteiger partial charge in [0.1, 0.15) is 0 Å². The highest BCUT2D eigenvalue weighted by molar-refractivity contribution is 5.93. The van der Waals surface area contributed by atoms with Gasteiger partial charge >= 0.3 is 5.97 Å². The Morgan fingerprint density at radius 1 is 1.43 bits per heavy atom. The second-order valence-corrected chi connectivity index (χ2v) is 3.84. The standard InChI is InChI=1S/C10H17NO3/c1-5-7(2)8(12)11-6-10(3,4)9(13)14/h5H,6H2,1-4H3,(H,11,12)(H,13,14)/b7-5-. The zero-order valence-corrected chi connectivity index (χ0v) is 9.05. The van der Waals surface area contributed by atoms with E-state index in [9.17, 15) is 9.59 Å². The van der Waals surface area contributed by atoms with Crippen molar-refractivity contribution >= 4 is 11.9 Å². The van der Waals surface area contributed by atoms with E-state index >= 15 is 0 Å². The summed E-state index contributed by atoms with van der Waals surface area (Å²) in [5.41, 5.74) is -0.338. The van der Waals surface area contributed by atoms with Gasteiger partial charge in [0.2, 0.25) is 5.91 Å². The maximum Gasteiger partial charge on any atom is 0.310 e. The van der Waals surface area contributed by atoms with Gasteiger partial charge in [-0.05, 0) is 27.7 Å². The van der Waals surface area contributed by atoms with Gasteiger partial charge in [-0.2, -0.15) is 0 Å². The topological polar surface area (TPSA) is 66.4 Å². The number of rotatable bonds is 4. The molecule has 0 saturated carbocycles. The Labute approximate surface area is 84.0 Å². The van der Waals surface area contributed by atoms with E-state index < -0.39 is 11.4 Å². The molecule has 4 heteroatoms. The van der Waals surface area contributed by atoms with Crippen LogP contribution in [0.4, 0.5) is 0 Å². The number of nitrogens with one attached hydrogen (secondary N) is 1. The summed E-state index contributed by atoms with van der Waals surface area (Å²) < 4.78 is 0. The van der Waals surface area contributed by atoms with Crippen molar-refractivity contribution in [2.24, 2.45) is 5.41 Å². The first-order chi connectivity index (χ1) is 6.31. The van der Waals surface area contributed by atoms with Crippen molar-refractivity contribution in [1.82, 2.24) is 5.32 Å². The van der Waals surface area contributed by atoms with Crippen LogP contribution in [0.1, 0.15) is 27.7 Å². The Hall–Kier alpha value is -1.32. The predicted molar refractivity (Wildman–Crippen MR) is 53.9 cm³/mol. The van der Waals surface area contributed by atoms with Crippen molar-refractivity contribution in [2.45, 2.75) is 27.7 Å². The summed E-state index contributed by atoms with van der Waals surface area (Å²) in [7, 11) is 0. The normalized spacial score (nSPS) is 12.4. The molecule has 0 aromatic carbocycles. The molecule has 0 aromatic rings. The summed E-state index contributed by atoms with van der Waals surface area (Å²) in [5.74, 6) is -1.14. The van der Waals surface area contributed by atoms with Gasteiger partial charge in [-0.15, -0.1) is 0 Å². The number of hydrogen-bond donors (Lipinski definition) is 2. The number of carboxylic acids is 1. The van der Waals surface area contributed by atoms with Crippen LogP contribution in [0.25, 0.3) is 0 Å². The smallest absolute Gasteiger partial charge is 0.310 e. The maximum absolute atomic E-state index is 11.3. The largest absolute Gasteiger partial charge is 0.481 e. The van der Waals surface area contributed by atoms with Crippen LogP contribution >= 0.6 is 0 Å². The fourth-order valence-electron chi connectivity index (χ4n) is 0.647. The first-order valence-corrected chi connectivity index (χ1v) is 4.45. The Morgan fingerprint density at radius 3 is 2.29 bits per heavy atom. The molecule has 2 N–H and O–H groups in total. The molecule has 0 atom stereocenters. The molecular formula is C10H17NO3. The summed E-state index contributed by atoms with van der Waals surface area (Å²) in [6.07, 6.45) is 1.68. The molecule has 14 heavy (non-hydrogen) atoms. The lowest BCUT2D eigenvalue weighted by Gasteiger charge is -2.19. The van der Waals surface area contributed by atoms with E-state index in [2.05, 4.69) is 5.32 Å². The minimum absolute atomic E-state index is 0.131. The number of carbonyl (C=O) groups is 2. The summed E-state index contributed by atoms with van der Waals surface area (Å²) in [6, 6.07) is 0. The molecule has 0 aromatic heterocycles. The third-order valence-corrected chi connectivity index (χ3v) is 2.06. The van der Waals surface area contributed by atoms with E-state index in [4.69, 9.17) is 5.11 Å². The lowest BCUT2D eigenvalue weighted by Crippen LogP contribution is -2.39. The first kappa shape index (κ1) is 12.7. The summed E-state index contributed by atoms with van der Waals surface area (Å²) in [4.78, 5) is 22.0. The minimum Gasteiger partial charge on any atom is -0.481 e. The number of carbonyl (C=O) groups excluding carboxylic acids is 1. The van der Waals surface area contributed by atoms with Gasteiger partial charge < -0.3 is 10.4 Å². The molecule has 0 heterocycles. The van der Waals surface area contributed by atoms with E-state index in [1.165, 1.54) is 0 Å². The summed E-state index contributed by atoms with van der Waals surface area (Å²) >= 11 is 0. The van der Waals surface area contributed by atoms with Gasteiger partial charge in [-0.25, -0.2) is 0 Å². The highest BCUT2D eigenvalue weighted by Crippen LogP contribution is 2.13. The molecule has 1 amide bonds. The van der Waals surface area contributed by atoms with Crippen LogP contribution in [-0.4, -0.2) is 23.5 Å². The molecule has 4 nitrogen and oxygen atoms in total. The number of hydrogen-bond acceptors (Lipinski definition) is 2. The molecule has 0 saturated heterocycles.